The van der Waals surface area contributed by atoms with Crippen LogP contribution in [0, 0.1) is 0 Å². The molecule has 1 aromatic heterocycles. The SMILES string of the molecule is NC1CC(F)Cn2cnnc21. The van der Waals surface area contributed by atoms with Crippen molar-refractivity contribution in [1.29, 1.82) is 0 Å². The average molecular weight is 156 g/mol. The Morgan fingerprint density at radius 1 is 1.73 bits per heavy atom. The predicted molar refractivity (Wildman–Crippen MR) is 36.5 cm³/mol. The molecule has 0 bridgehead atoms. The lowest BCUT2D eigenvalue weighted by Crippen LogP contribution is -2.29. The Bertz CT molecular complexity index is 259. The topological polar surface area (TPSA) is 56.7 Å². The van der Waals surface area contributed by atoms with Crippen LogP contribution >= 0.6 is 0 Å². The second-order valence-corrected chi connectivity index (χ2v) is 2.78. The summed E-state index contributed by atoms with van der Waals surface area (Å²) in [5.74, 6) is 0.693. The Balaban J connectivity index is 2.36. The number of hydrogen-bond donors (Lipinski definition) is 1. The molecule has 0 radical (unpaired) electrons. The van der Waals surface area contributed by atoms with Crippen LogP contribution in [0.5, 0.6) is 0 Å². The summed E-state index contributed by atoms with van der Waals surface area (Å²) in [4.78, 5) is 0. The lowest BCUT2D eigenvalue weighted by atomic mass is 10.1. The third-order valence-corrected chi connectivity index (χ3v) is 1.88. The Morgan fingerprint density at radius 2 is 2.55 bits per heavy atom. The molecule has 2 atom stereocenters. The van der Waals surface area contributed by atoms with Gasteiger partial charge in [0.05, 0.1) is 12.6 Å². The summed E-state index contributed by atoms with van der Waals surface area (Å²) < 4.78 is 14.5. The van der Waals surface area contributed by atoms with Crippen molar-refractivity contribution in [2.45, 2.75) is 25.2 Å². The quantitative estimate of drug-likeness (QED) is 0.576. The van der Waals surface area contributed by atoms with Gasteiger partial charge in [0.2, 0.25) is 0 Å². The first kappa shape index (κ1) is 6.72. The van der Waals surface area contributed by atoms with E-state index in [0.717, 1.165) is 0 Å². The summed E-state index contributed by atoms with van der Waals surface area (Å²) >= 11 is 0. The molecule has 1 aliphatic heterocycles. The van der Waals surface area contributed by atoms with E-state index in [1.807, 2.05) is 0 Å². The summed E-state index contributed by atoms with van der Waals surface area (Å²) in [6, 6.07) is -0.291. The van der Waals surface area contributed by atoms with Gasteiger partial charge in [-0.1, -0.05) is 0 Å². The van der Waals surface area contributed by atoms with E-state index in [9.17, 15) is 4.39 Å². The number of hydrogen-bond acceptors (Lipinski definition) is 3. The molecule has 0 fully saturated rings. The molecule has 1 aliphatic rings. The van der Waals surface area contributed by atoms with Crippen LogP contribution in [0.25, 0.3) is 0 Å². The van der Waals surface area contributed by atoms with Crippen LogP contribution in [0.4, 0.5) is 4.39 Å². The first-order valence-electron chi connectivity index (χ1n) is 3.54. The second kappa shape index (κ2) is 2.27. The van der Waals surface area contributed by atoms with E-state index in [0.29, 0.717) is 18.8 Å². The van der Waals surface area contributed by atoms with Crippen LogP contribution in [0.3, 0.4) is 0 Å². The zero-order chi connectivity index (χ0) is 7.84. The summed E-state index contributed by atoms with van der Waals surface area (Å²) in [6.45, 7) is 0.343. The normalized spacial score (nSPS) is 30.0. The molecule has 2 rings (SSSR count). The van der Waals surface area contributed by atoms with Gasteiger partial charge >= 0.3 is 0 Å². The molecule has 0 amide bonds. The van der Waals surface area contributed by atoms with Crippen molar-refractivity contribution in [2.24, 2.45) is 5.73 Å². The van der Waals surface area contributed by atoms with Gasteiger partial charge in [-0.25, -0.2) is 4.39 Å². The van der Waals surface area contributed by atoms with E-state index < -0.39 is 6.17 Å². The van der Waals surface area contributed by atoms with Crippen LogP contribution in [0.15, 0.2) is 6.33 Å². The maximum atomic E-state index is 12.8. The van der Waals surface area contributed by atoms with Crippen LogP contribution in [0.2, 0.25) is 0 Å². The monoisotopic (exact) mass is 156 g/mol. The van der Waals surface area contributed by atoms with Gasteiger partial charge < -0.3 is 10.3 Å². The fraction of sp³-hybridized carbons (Fsp3) is 0.667. The van der Waals surface area contributed by atoms with Gasteiger partial charge in [0, 0.05) is 6.42 Å². The number of nitrogens with two attached hydrogens (primary N) is 1. The van der Waals surface area contributed by atoms with Crippen LogP contribution in [-0.2, 0) is 6.54 Å². The van der Waals surface area contributed by atoms with Crippen molar-refractivity contribution in [3.05, 3.63) is 12.2 Å². The molecule has 5 heteroatoms. The fourth-order valence-electron chi connectivity index (χ4n) is 1.36. The minimum Gasteiger partial charge on any atom is -0.321 e. The number of alkyl halides is 1. The molecule has 11 heavy (non-hydrogen) atoms. The number of aromatic nitrogens is 3. The zero-order valence-electron chi connectivity index (χ0n) is 5.94. The van der Waals surface area contributed by atoms with Crippen molar-refractivity contribution >= 4 is 0 Å². The summed E-state index contributed by atoms with van der Waals surface area (Å²) in [7, 11) is 0. The molecule has 0 spiro atoms. The molecule has 0 aromatic carbocycles. The second-order valence-electron chi connectivity index (χ2n) is 2.78. The number of halogens is 1. The smallest absolute Gasteiger partial charge is 0.149 e. The van der Waals surface area contributed by atoms with Gasteiger partial charge in [0.15, 0.2) is 0 Å². The van der Waals surface area contributed by atoms with Crippen LogP contribution in [0.1, 0.15) is 18.3 Å². The van der Waals surface area contributed by atoms with Crippen molar-refractivity contribution in [1.82, 2.24) is 14.8 Å². The van der Waals surface area contributed by atoms with Crippen molar-refractivity contribution < 1.29 is 4.39 Å². The molecule has 0 saturated heterocycles. The van der Waals surface area contributed by atoms with Gasteiger partial charge in [-0.2, -0.15) is 0 Å². The molecule has 1 aromatic rings. The molecule has 2 heterocycles. The molecular formula is C6H9FN4. The summed E-state index contributed by atoms with van der Waals surface area (Å²) in [5, 5.41) is 7.45. The number of nitrogens with zero attached hydrogens (tertiary/aromatic N) is 3. The number of fused-ring (bicyclic) bond motifs is 1. The summed E-state index contributed by atoms with van der Waals surface area (Å²) in [6.07, 6.45) is 1.02. The Hall–Kier alpha value is -0.970. The first-order chi connectivity index (χ1) is 5.27. The number of rotatable bonds is 0. The van der Waals surface area contributed by atoms with Crippen LogP contribution in [-0.4, -0.2) is 20.9 Å². The fourth-order valence-corrected chi connectivity index (χ4v) is 1.36. The molecule has 0 aliphatic carbocycles. The first-order valence-corrected chi connectivity index (χ1v) is 3.54. The van der Waals surface area contributed by atoms with E-state index >= 15 is 0 Å². The summed E-state index contributed by atoms with van der Waals surface area (Å²) in [5.41, 5.74) is 5.62. The maximum absolute atomic E-state index is 12.8. The lowest BCUT2D eigenvalue weighted by Gasteiger charge is -2.21. The van der Waals surface area contributed by atoms with E-state index in [1.165, 1.54) is 6.33 Å². The highest BCUT2D eigenvalue weighted by Gasteiger charge is 2.25. The molecular weight excluding hydrogens is 147 g/mol. The standard InChI is InChI=1S/C6H9FN4/c7-4-1-5(8)6-10-9-3-11(6)2-4/h3-5H,1-2,8H2. The minimum absolute atomic E-state index is 0.291. The molecule has 4 nitrogen and oxygen atoms in total. The van der Waals surface area contributed by atoms with Gasteiger partial charge in [-0.3, -0.25) is 0 Å². The molecule has 60 valence electrons. The minimum atomic E-state index is -0.853. The molecule has 0 saturated carbocycles. The van der Waals surface area contributed by atoms with E-state index in [-0.39, 0.29) is 6.04 Å². The molecule has 2 unspecified atom stereocenters. The third kappa shape index (κ3) is 1.01. The Labute approximate surface area is 63.2 Å². The van der Waals surface area contributed by atoms with Gasteiger partial charge in [0.25, 0.3) is 0 Å². The van der Waals surface area contributed by atoms with Crippen molar-refractivity contribution in [3.8, 4) is 0 Å². The maximum Gasteiger partial charge on any atom is 0.149 e. The Kier molecular flexibility index (Phi) is 1.38. The van der Waals surface area contributed by atoms with Gasteiger partial charge in [-0.15, -0.1) is 10.2 Å². The predicted octanol–water partition coefficient (Wildman–Crippen LogP) is 0.0197. The van der Waals surface area contributed by atoms with Gasteiger partial charge in [0.1, 0.15) is 18.3 Å². The molecule has 2 N–H and O–H groups in total. The van der Waals surface area contributed by atoms with E-state index in [1.54, 1.807) is 4.57 Å². The highest BCUT2D eigenvalue weighted by molar-refractivity contribution is 4.98. The van der Waals surface area contributed by atoms with E-state index in [4.69, 9.17) is 5.73 Å². The Morgan fingerprint density at radius 3 is 3.36 bits per heavy atom. The van der Waals surface area contributed by atoms with E-state index in [2.05, 4.69) is 10.2 Å². The third-order valence-electron chi connectivity index (χ3n) is 1.88. The lowest BCUT2D eigenvalue weighted by molar-refractivity contribution is 0.230. The van der Waals surface area contributed by atoms with Crippen molar-refractivity contribution in [2.75, 3.05) is 0 Å². The van der Waals surface area contributed by atoms with Crippen molar-refractivity contribution in [3.63, 3.8) is 0 Å². The highest BCUT2D eigenvalue weighted by Crippen LogP contribution is 2.21. The van der Waals surface area contributed by atoms with Crippen LogP contribution < -0.4 is 5.73 Å². The van der Waals surface area contributed by atoms with Gasteiger partial charge in [-0.05, 0) is 0 Å². The average Bonchev–Trinajstić information content (AvgIpc) is 2.34. The highest BCUT2D eigenvalue weighted by atomic mass is 19.1. The largest absolute Gasteiger partial charge is 0.321 e. The zero-order valence-corrected chi connectivity index (χ0v) is 5.94.